The molecule has 2 fully saturated rings. The van der Waals surface area contributed by atoms with E-state index < -0.39 is 24.3 Å². The number of urea groups is 1. The number of hydrogen-bond donors (Lipinski definition) is 3. The maximum atomic E-state index is 13.9. The van der Waals surface area contributed by atoms with Gasteiger partial charge in [0.2, 0.25) is 5.91 Å². The van der Waals surface area contributed by atoms with Crippen LogP contribution in [-0.4, -0.2) is 57.6 Å². The highest BCUT2D eigenvalue weighted by Crippen LogP contribution is 2.44. The number of carboxylic acid groups (broad SMARTS) is 1. The van der Waals surface area contributed by atoms with Crippen molar-refractivity contribution >= 4 is 23.6 Å². The third kappa shape index (κ3) is 9.34. The van der Waals surface area contributed by atoms with Crippen LogP contribution in [0.4, 0.5) is 23.7 Å². The van der Waals surface area contributed by atoms with Crippen molar-refractivity contribution in [1.82, 2.24) is 4.90 Å². The number of benzene rings is 2. The van der Waals surface area contributed by atoms with Gasteiger partial charge < -0.3 is 25.6 Å². The predicted octanol–water partition coefficient (Wildman–Crippen LogP) is 6.09. The lowest BCUT2D eigenvalue weighted by Gasteiger charge is -2.53. The van der Waals surface area contributed by atoms with Crippen molar-refractivity contribution in [3.05, 3.63) is 59.7 Å². The number of carbonyl (C=O) groups is 3. The molecule has 1 heterocycles. The number of hydrogen-bond acceptors (Lipinski definition) is 5. The van der Waals surface area contributed by atoms with Crippen molar-refractivity contribution in [3.8, 4) is 5.75 Å². The summed E-state index contributed by atoms with van der Waals surface area (Å²) in [6.45, 7) is 4.27. The van der Waals surface area contributed by atoms with E-state index in [1.807, 2.05) is 17.0 Å². The zero-order chi connectivity index (χ0) is 31.8. The summed E-state index contributed by atoms with van der Waals surface area (Å²) >= 11 is 0. The summed E-state index contributed by atoms with van der Waals surface area (Å²) in [6.07, 6.45) is 2.39. The number of anilines is 1. The third-order valence-corrected chi connectivity index (χ3v) is 8.16. The number of halogens is 3. The van der Waals surface area contributed by atoms with Crippen LogP contribution in [0.2, 0.25) is 0 Å². The van der Waals surface area contributed by atoms with Crippen LogP contribution >= 0.6 is 0 Å². The molecule has 2 aromatic carbocycles. The van der Waals surface area contributed by atoms with Crippen LogP contribution in [0.25, 0.3) is 0 Å². The molecule has 0 aromatic heterocycles. The Morgan fingerprint density at radius 1 is 1.07 bits per heavy atom. The molecular formula is C31H40F3N3O6. The number of carboxylic acids is 1. The van der Waals surface area contributed by atoms with Crippen molar-refractivity contribution < 1.29 is 42.5 Å². The van der Waals surface area contributed by atoms with Crippen molar-refractivity contribution in [2.24, 2.45) is 11.7 Å². The number of aliphatic hydroxyl groups excluding tert-OH is 1. The summed E-state index contributed by atoms with van der Waals surface area (Å²) in [4.78, 5) is 38.4. The molecule has 1 spiro atoms. The molecule has 2 aromatic rings. The van der Waals surface area contributed by atoms with Crippen LogP contribution in [0, 0.1) is 5.92 Å². The standard InChI is InChI=1S/C28H34F3N3O3.C3H6O3/c1-2-3-4-20-13-15-27(16-14-20)17-18-33(23-9-11-24(12-10-23)37-28(29,30)31)26(36)34(27)19-21-5-7-22(8-6-21)25(32)35;1-2(4)3(5)6/h5-12,20H,2-4,13-19H2,1H3,(H2,32,35);2,4H,1H3,(H,5,6). The number of amides is 3. The van der Waals surface area contributed by atoms with Crippen LogP contribution in [-0.2, 0) is 11.3 Å². The first-order valence-corrected chi connectivity index (χ1v) is 14.5. The molecule has 12 heteroatoms. The Kier molecular flexibility index (Phi) is 11.4. The van der Waals surface area contributed by atoms with Gasteiger partial charge in [0.15, 0.2) is 0 Å². The Morgan fingerprint density at radius 2 is 1.65 bits per heavy atom. The molecule has 1 aliphatic heterocycles. The average Bonchev–Trinajstić information content (AvgIpc) is 2.95. The van der Waals surface area contributed by atoms with E-state index >= 15 is 0 Å². The molecule has 3 amide bonds. The largest absolute Gasteiger partial charge is 0.573 e. The van der Waals surface area contributed by atoms with Crippen LogP contribution in [0.3, 0.4) is 0 Å². The van der Waals surface area contributed by atoms with Gasteiger partial charge in [0.1, 0.15) is 11.9 Å². The maximum absolute atomic E-state index is 13.9. The second-order valence-electron chi connectivity index (χ2n) is 11.2. The molecule has 0 radical (unpaired) electrons. The highest BCUT2D eigenvalue weighted by molar-refractivity contribution is 5.94. The van der Waals surface area contributed by atoms with Gasteiger partial charge in [-0.1, -0.05) is 38.3 Å². The number of rotatable bonds is 9. The fourth-order valence-corrected chi connectivity index (χ4v) is 5.68. The highest BCUT2D eigenvalue weighted by atomic mass is 19.4. The Morgan fingerprint density at radius 3 is 2.14 bits per heavy atom. The molecule has 0 bridgehead atoms. The number of ether oxygens (including phenoxy) is 1. The number of primary amides is 1. The highest BCUT2D eigenvalue weighted by Gasteiger charge is 2.47. The fourth-order valence-electron chi connectivity index (χ4n) is 5.68. The molecule has 43 heavy (non-hydrogen) atoms. The molecule has 1 unspecified atom stereocenters. The van der Waals surface area contributed by atoms with Gasteiger partial charge in [-0.05, 0) is 86.9 Å². The van der Waals surface area contributed by atoms with Crippen LogP contribution in [0.5, 0.6) is 5.75 Å². The van der Waals surface area contributed by atoms with E-state index in [4.69, 9.17) is 15.9 Å². The SMILES string of the molecule is CC(O)C(=O)O.CCCCC1CCC2(CC1)CCN(c1ccc(OC(F)(F)F)cc1)C(=O)N2Cc1ccc(C(N)=O)cc1. The van der Waals surface area contributed by atoms with E-state index in [1.54, 1.807) is 17.0 Å². The zero-order valence-corrected chi connectivity index (χ0v) is 24.5. The van der Waals surface area contributed by atoms with E-state index in [-0.39, 0.29) is 17.3 Å². The quantitative estimate of drug-likeness (QED) is 0.316. The minimum Gasteiger partial charge on any atom is -0.479 e. The Hall–Kier alpha value is -3.80. The van der Waals surface area contributed by atoms with Gasteiger partial charge in [-0.3, -0.25) is 9.69 Å². The number of carbonyl (C=O) groups excluding carboxylic acids is 2. The smallest absolute Gasteiger partial charge is 0.479 e. The van der Waals surface area contributed by atoms with Gasteiger partial charge in [-0.15, -0.1) is 13.2 Å². The summed E-state index contributed by atoms with van der Waals surface area (Å²) < 4.78 is 41.7. The number of nitrogens with two attached hydrogens (primary N) is 1. The van der Waals surface area contributed by atoms with Gasteiger partial charge >= 0.3 is 18.4 Å². The average molecular weight is 608 g/mol. The van der Waals surface area contributed by atoms with Gasteiger partial charge in [-0.2, -0.15) is 0 Å². The van der Waals surface area contributed by atoms with Gasteiger partial charge in [0, 0.05) is 29.9 Å². The third-order valence-electron chi connectivity index (χ3n) is 8.16. The summed E-state index contributed by atoms with van der Waals surface area (Å²) in [5.74, 6) is -1.34. The molecule has 1 saturated heterocycles. The second kappa shape index (κ2) is 14.6. The van der Waals surface area contributed by atoms with E-state index in [1.165, 1.54) is 50.5 Å². The minimum atomic E-state index is -4.77. The van der Waals surface area contributed by atoms with Crippen LogP contribution in [0.1, 0.15) is 81.1 Å². The predicted molar refractivity (Wildman–Crippen MR) is 155 cm³/mol. The summed E-state index contributed by atoms with van der Waals surface area (Å²) in [6, 6.07) is 12.2. The topological polar surface area (TPSA) is 133 Å². The fraction of sp³-hybridized carbons (Fsp3) is 0.516. The summed E-state index contributed by atoms with van der Waals surface area (Å²) in [7, 11) is 0. The molecule has 1 aliphatic carbocycles. The monoisotopic (exact) mass is 607 g/mol. The van der Waals surface area contributed by atoms with Gasteiger partial charge in [0.05, 0.1) is 0 Å². The molecule has 4 rings (SSSR count). The zero-order valence-electron chi connectivity index (χ0n) is 24.5. The first-order chi connectivity index (χ1) is 20.2. The van der Waals surface area contributed by atoms with E-state index in [2.05, 4.69) is 11.7 Å². The molecule has 236 valence electrons. The van der Waals surface area contributed by atoms with Crippen molar-refractivity contribution in [3.63, 3.8) is 0 Å². The van der Waals surface area contributed by atoms with Gasteiger partial charge in [0.25, 0.3) is 0 Å². The maximum Gasteiger partial charge on any atom is 0.573 e. The molecule has 1 saturated carbocycles. The molecule has 1 atom stereocenters. The normalized spacial score (nSPS) is 21.2. The van der Waals surface area contributed by atoms with E-state index in [0.29, 0.717) is 30.3 Å². The Balaban J connectivity index is 0.000000765. The minimum absolute atomic E-state index is 0.165. The number of unbranched alkanes of at least 4 members (excludes halogenated alkanes) is 1. The van der Waals surface area contributed by atoms with E-state index in [9.17, 15) is 27.6 Å². The van der Waals surface area contributed by atoms with Crippen LogP contribution < -0.4 is 15.4 Å². The lowest BCUT2D eigenvalue weighted by Crippen LogP contribution is -2.62. The number of alkyl halides is 3. The van der Waals surface area contributed by atoms with Gasteiger partial charge in [-0.25, -0.2) is 9.59 Å². The summed E-state index contributed by atoms with van der Waals surface area (Å²) in [5.41, 5.74) is 6.93. The number of aliphatic hydroxyl groups is 1. The molecule has 2 aliphatic rings. The lowest BCUT2D eigenvalue weighted by atomic mass is 9.71. The van der Waals surface area contributed by atoms with Crippen molar-refractivity contribution in [1.29, 1.82) is 0 Å². The molecule has 4 N–H and O–H groups in total. The molecular weight excluding hydrogens is 567 g/mol. The Labute approximate surface area is 249 Å². The first kappa shape index (κ1) is 33.7. The van der Waals surface area contributed by atoms with Crippen molar-refractivity contribution in [2.45, 2.75) is 89.8 Å². The number of aliphatic carboxylic acids is 1. The van der Waals surface area contributed by atoms with Crippen molar-refractivity contribution in [2.75, 3.05) is 11.4 Å². The van der Waals surface area contributed by atoms with E-state index in [0.717, 1.165) is 37.7 Å². The Bertz CT molecular complexity index is 1230. The van der Waals surface area contributed by atoms with Crippen LogP contribution in [0.15, 0.2) is 48.5 Å². The first-order valence-electron chi connectivity index (χ1n) is 14.5. The number of nitrogens with zero attached hydrogens (tertiary/aromatic N) is 2. The summed E-state index contributed by atoms with van der Waals surface area (Å²) in [5, 5.41) is 15.8. The second-order valence-corrected chi connectivity index (χ2v) is 11.2. The molecule has 9 nitrogen and oxygen atoms in total. The lowest BCUT2D eigenvalue weighted by molar-refractivity contribution is -0.274.